The zero-order valence-electron chi connectivity index (χ0n) is 11.5. The third-order valence-electron chi connectivity index (χ3n) is 3.83. The molecule has 20 heavy (non-hydrogen) atoms. The quantitative estimate of drug-likeness (QED) is 0.883. The van der Waals surface area contributed by atoms with Crippen molar-refractivity contribution < 1.29 is 9.59 Å². The van der Waals surface area contributed by atoms with Crippen molar-refractivity contribution in [1.82, 2.24) is 15.5 Å². The monoisotopic (exact) mass is 293 g/mol. The van der Waals surface area contributed by atoms with E-state index in [4.69, 9.17) is 0 Å². The van der Waals surface area contributed by atoms with E-state index < -0.39 is 0 Å². The molecule has 5 nitrogen and oxygen atoms in total. The summed E-state index contributed by atoms with van der Waals surface area (Å²) >= 11 is 1.66. The lowest BCUT2D eigenvalue weighted by molar-refractivity contribution is -0.123. The maximum absolute atomic E-state index is 11.9. The first-order valence-electron chi connectivity index (χ1n) is 6.99. The van der Waals surface area contributed by atoms with Gasteiger partial charge in [0.05, 0.1) is 12.6 Å². The smallest absolute Gasteiger partial charge is 0.317 e. The fourth-order valence-corrected chi connectivity index (χ4v) is 3.10. The highest BCUT2D eigenvalue weighted by Crippen LogP contribution is 2.29. The van der Waals surface area contributed by atoms with Crippen LogP contribution >= 0.6 is 11.3 Å². The fourth-order valence-electron chi connectivity index (χ4n) is 2.25. The number of hydrogen-bond donors (Lipinski definition) is 2. The highest BCUT2D eigenvalue weighted by molar-refractivity contribution is 7.10. The topological polar surface area (TPSA) is 61.4 Å². The number of amides is 3. The number of aryl methyl sites for hydroxylation is 1. The van der Waals surface area contributed by atoms with Crippen molar-refractivity contribution in [1.29, 1.82) is 0 Å². The molecule has 1 aromatic heterocycles. The van der Waals surface area contributed by atoms with Gasteiger partial charge in [-0.15, -0.1) is 11.3 Å². The van der Waals surface area contributed by atoms with Crippen LogP contribution in [-0.4, -0.2) is 36.0 Å². The van der Waals surface area contributed by atoms with Crippen molar-refractivity contribution >= 4 is 23.3 Å². The lowest BCUT2D eigenvalue weighted by Gasteiger charge is -2.39. The molecule has 1 aromatic rings. The first-order chi connectivity index (χ1) is 9.63. The van der Waals surface area contributed by atoms with Gasteiger partial charge in [-0.05, 0) is 36.8 Å². The number of urea groups is 1. The van der Waals surface area contributed by atoms with Crippen molar-refractivity contribution in [3.05, 3.63) is 21.9 Å². The molecule has 1 aliphatic heterocycles. The highest BCUT2D eigenvalue weighted by Gasteiger charge is 2.36. The van der Waals surface area contributed by atoms with Crippen molar-refractivity contribution in [3.8, 4) is 0 Å². The van der Waals surface area contributed by atoms with Crippen LogP contribution in [0.5, 0.6) is 0 Å². The number of rotatable bonds is 4. The lowest BCUT2D eigenvalue weighted by atomic mass is 10.1. The number of hydrogen-bond acceptors (Lipinski definition) is 3. The van der Waals surface area contributed by atoms with Gasteiger partial charge < -0.3 is 15.5 Å². The van der Waals surface area contributed by atoms with Crippen molar-refractivity contribution in [2.45, 2.75) is 32.4 Å². The zero-order chi connectivity index (χ0) is 14.1. The predicted molar refractivity (Wildman–Crippen MR) is 77.5 cm³/mol. The summed E-state index contributed by atoms with van der Waals surface area (Å²) in [6.07, 6.45) is 2.03. The third kappa shape index (κ3) is 2.95. The Hall–Kier alpha value is -1.56. The van der Waals surface area contributed by atoms with Crippen LogP contribution in [0.1, 0.15) is 23.3 Å². The molecule has 0 radical (unpaired) electrons. The van der Waals surface area contributed by atoms with Crippen LogP contribution in [0.3, 0.4) is 0 Å². The van der Waals surface area contributed by atoms with Gasteiger partial charge in [-0.3, -0.25) is 4.79 Å². The molecule has 6 heteroatoms. The Labute approximate surface area is 122 Å². The van der Waals surface area contributed by atoms with Gasteiger partial charge in [0.2, 0.25) is 5.91 Å². The van der Waals surface area contributed by atoms with Gasteiger partial charge in [0, 0.05) is 23.9 Å². The minimum Gasteiger partial charge on any atom is -0.350 e. The van der Waals surface area contributed by atoms with Gasteiger partial charge in [0.1, 0.15) is 0 Å². The lowest BCUT2D eigenvalue weighted by Crippen LogP contribution is -2.63. The Morgan fingerprint density at radius 3 is 2.75 bits per heavy atom. The van der Waals surface area contributed by atoms with E-state index in [1.807, 2.05) is 12.3 Å². The minimum atomic E-state index is -0.0466. The average molecular weight is 293 g/mol. The summed E-state index contributed by atoms with van der Waals surface area (Å²) in [5.41, 5.74) is 1.22. The Balaban J connectivity index is 1.37. The van der Waals surface area contributed by atoms with E-state index >= 15 is 0 Å². The number of carbonyl (C=O) groups excluding carboxylic acids is 2. The Bertz CT molecular complexity index is 518. The van der Waals surface area contributed by atoms with Crippen LogP contribution in [0.4, 0.5) is 4.79 Å². The van der Waals surface area contributed by atoms with Crippen LogP contribution in [0.25, 0.3) is 0 Å². The fraction of sp³-hybridized carbons (Fsp3) is 0.571. The molecule has 0 unspecified atom stereocenters. The normalized spacial score (nSPS) is 18.6. The Kier molecular flexibility index (Phi) is 3.65. The van der Waals surface area contributed by atoms with E-state index in [1.54, 1.807) is 16.2 Å². The number of nitrogens with one attached hydrogen (secondary N) is 2. The Morgan fingerprint density at radius 2 is 2.15 bits per heavy atom. The summed E-state index contributed by atoms with van der Waals surface area (Å²) in [6, 6.07) is 2.14. The molecule has 1 saturated heterocycles. The van der Waals surface area contributed by atoms with Gasteiger partial charge in [-0.1, -0.05) is 0 Å². The maximum atomic E-state index is 11.9. The number of carbonyl (C=O) groups is 2. The molecule has 2 fully saturated rings. The van der Waals surface area contributed by atoms with Crippen LogP contribution in [-0.2, 0) is 11.3 Å². The van der Waals surface area contributed by atoms with Crippen LogP contribution in [0.2, 0.25) is 0 Å². The molecule has 2 heterocycles. The average Bonchev–Trinajstić information content (AvgIpc) is 3.14. The minimum absolute atomic E-state index is 0.0466. The van der Waals surface area contributed by atoms with E-state index in [2.05, 4.69) is 16.7 Å². The zero-order valence-corrected chi connectivity index (χ0v) is 12.3. The van der Waals surface area contributed by atoms with Gasteiger partial charge in [-0.25, -0.2) is 4.79 Å². The summed E-state index contributed by atoms with van der Waals surface area (Å²) in [7, 11) is 0. The summed E-state index contributed by atoms with van der Waals surface area (Å²) < 4.78 is 0. The largest absolute Gasteiger partial charge is 0.350 e. The highest BCUT2D eigenvalue weighted by atomic mass is 32.1. The van der Waals surface area contributed by atoms with E-state index in [1.165, 1.54) is 10.4 Å². The molecule has 0 spiro atoms. The molecular formula is C14H19N3O2S. The summed E-state index contributed by atoms with van der Waals surface area (Å²) in [5.74, 6) is 0.393. The van der Waals surface area contributed by atoms with E-state index in [-0.39, 0.29) is 23.9 Å². The Morgan fingerprint density at radius 1 is 1.40 bits per heavy atom. The SMILES string of the molecule is Cc1ccsc1CNC(=O)N1CC(NC(=O)C2CC2)C1. The number of thiophene rings is 1. The van der Waals surface area contributed by atoms with Gasteiger partial charge >= 0.3 is 6.03 Å². The van der Waals surface area contributed by atoms with E-state index in [9.17, 15) is 9.59 Å². The third-order valence-corrected chi connectivity index (χ3v) is 4.85. The van der Waals surface area contributed by atoms with E-state index in [0.717, 1.165) is 12.8 Å². The molecule has 0 bridgehead atoms. The number of likely N-dealkylation sites (tertiary alicyclic amines) is 1. The molecule has 1 aliphatic carbocycles. The van der Waals surface area contributed by atoms with Crippen molar-refractivity contribution in [3.63, 3.8) is 0 Å². The van der Waals surface area contributed by atoms with Crippen molar-refractivity contribution in [2.75, 3.05) is 13.1 Å². The molecule has 2 N–H and O–H groups in total. The van der Waals surface area contributed by atoms with E-state index in [0.29, 0.717) is 19.6 Å². The first-order valence-corrected chi connectivity index (χ1v) is 7.87. The molecule has 3 amide bonds. The first kappa shape index (κ1) is 13.4. The second-order valence-corrected chi connectivity index (χ2v) is 6.57. The predicted octanol–water partition coefficient (Wildman–Crippen LogP) is 1.48. The molecule has 3 rings (SSSR count). The van der Waals surface area contributed by atoms with Crippen LogP contribution in [0.15, 0.2) is 11.4 Å². The van der Waals surface area contributed by atoms with Gasteiger partial charge in [0.15, 0.2) is 0 Å². The van der Waals surface area contributed by atoms with Gasteiger partial charge in [0.25, 0.3) is 0 Å². The molecule has 0 atom stereocenters. The molecule has 108 valence electrons. The number of nitrogens with zero attached hydrogens (tertiary/aromatic N) is 1. The second kappa shape index (κ2) is 5.44. The van der Waals surface area contributed by atoms with Crippen LogP contribution in [0, 0.1) is 12.8 Å². The summed E-state index contributed by atoms with van der Waals surface area (Å²) in [5, 5.41) is 7.94. The second-order valence-electron chi connectivity index (χ2n) is 5.57. The molecule has 2 aliphatic rings. The molecular weight excluding hydrogens is 274 g/mol. The van der Waals surface area contributed by atoms with Crippen molar-refractivity contribution in [2.24, 2.45) is 5.92 Å². The summed E-state index contributed by atoms with van der Waals surface area (Å²) in [6.45, 7) is 3.87. The molecule has 0 aromatic carbocycles. The van der Waals surface area contributed by atoms with Crippen LogP contribution < -0.4 is 10.6 Å². The standard InChI is InChI=1S/C14H19N3O2S/c1-9-4-5-20-12(9)6-15-14(19)17-7-11(8-17)16-13(18)10-2-3-10/h4-5,10-11H,2-3,6-8H2,1H3,(H,15,19)(H,16,18). The summed E-state index contributed by atoms with van der Waals surface area (Å²) in [4.78, 5) is 26.4. The molecule has 1 saturated carbocycles. The van der Waals surface area contributed by atoms with Gasteiger partial charge in [-0.2, -0.15) is 0 Å². The maximum Gasteiger partial charge on any atom is 0.317 e.